The first kappa shape index (κ1) is 41.1. The van der Waals surface area contributed by atoms with Gasteiger partial charge in [-0.25, -0.2) is 27.0 Å². The number of hydrogen-bond donors (Lipinski definition) is 4. The molecule has 2 atom stereocenters. The van der Waals surface area contributed by atoms with Gasteiger partial charge in [0.1, 0.15) is 17.1 Å². The van der Waals surface area contributed by atoms with Crippen LogP contribution >= 0.6 is 0 Å². The Labute approximate surface area is 365 Å². The highest BCUT2D eigenvalue weighted by Gasteiger charge is 2.50. The van der Waals surface area contributed by atoms with E-state index < -0.39 is 25.6 Å². The topological polar surface area (TPSA) is 224 Å². The fourth-order valence-electron chi connectivity index (χ4n) is 10.6. The zero-order valence-electron chi connectivity index (χ0n) is 35.6. The number of carbonyl (C=O) groups excluding carboxylic acids is 1. The molecule has 2 saturated carbocycles. The van der Waals surface area contributed by atoms with E-state index in [9.17, 15) is 21.6 Å². The zero-order chi connectivity index (χ0) is 44.1. The number of carbonyl (C=O) groups is 1. The minimum atomic E-state index is -4.21. The second-order valence-corrected chi connectivity index (χ2v) is 20.8. The van der Waals surface area contributed by atoms with E-state index in [1.54, 1.807) is 35.4 Å². The van der Waals surface area contributed by atoms with Crippen molar-refractivity contribution in [2.24, 2.45) is 16.0 Å². The molecule has 0 bridgehead atoms. The maximum Gasteiger partial charge on any atom is 0.263 e. The summed E-state index contributed by atoms with van der Waals surface area (Å²) in [4.78, 5) is 39.4. The Hall–Kier alpha value is -5.92. The molecule has 0 radical (unpaired) electrons. The van der Waals surface area contributed by atoms with E-state index in [-0.39, 0.29) is 45.0 Å². The highest BCUT2D eigenvalue weighted by Crippen LogP contribution is 2.50. The van der Waals surface area contributed by atoms with Crippen LogP contribution in [-0.4, -0.2) is 64.6 Å². The maximum atomic E-state index is 14.3. The molecule has 10 rings (SSSR count). The first-order valence-electron chi connectivity index (χ1n) is 21.5. The molecule has 2 spiro atoms. The smallest absolute Gasteiger partial charge is 0.263 e. The van der Waals surface area contributed by atoms with E-state index in [2.05, 4.69) is 36.4 Å². The SMILES string of the molecule is CC1=NC(C)c2cc3c(NS(=O)(=O)c4ccc(Nc5ncc6cc7n(c6n5)C5(CCCCC5)C(C)C(=O)N7C)cc4)nc(Nc4ccc(S(N)(=O)=O)cc4)nc3n2C12CCCCC2. The van der Waals surface area contributed by atoms with E-state index in [0.29, 0.717) is 28.4 Å². The summed E-state index contributed by atoms with van der Waals surface area (Å²) in [5.41, 5.74) is 3.55. The van der Waals surface area contributed by atoms with E-state index in [1.807, 2.05) is 33.0 Å². The van der Waals surface area contributed by atoms with Gasteiger partial charge in [0, 0.05) is 41.4 Å². The molecule has 0 saturated heterocycles. The molecule has 2 unspecified atom stereocenters. The normalized spacial score (nSPS) is 20.7. The van der Waals surface area contributed by atoms with Crippen molar-refractivity contribution in [2.75, 3.05) is 27.3 Å². The van der Waals surface area contributed by atoms with Gasteiger partial charge in [-0.2, -0.15) is 15.0 Å². The molecule has 5 N–H and O–H groups in total. The van der Waals surface area contributed by atoms with E-state index in [0.717, 1.165) is 92.5 Å². The first-order valence-corrected chi connectivity index (χ1v) is 24.6. The minimum absolute atomic E-state index is 0.00568. The van der Waals surface area contributed by atoms with Gasteiger partial charge in [0.25, 0.3) is 10.0 Å². The molecule has 6 heterocycles. The van der Waals surface area contributed by atoms with Crippen molar-refractivity contribution in [1.82, 2.24) is 29.1 Å². The summed E-state index contributed by atoms with van der Waals surface area (Å²) in [7, 11) is -6.31. The second-order valence-electron chi connectivity index (χ2n) is 17.6. The quantitative estimate of drug-likeness (QED) is 0.117. The standard InChI is InChI=1S/C44H50N12O5S2/c1-26-40(57)54(4)36-23-29-25-46-41(51-38(29)56(36)43(26)19-7-5-8-20-43)48-30-13-17-33(18-14-30)63(60,61)53-37-34-24-35-27(2)47-28(3)44(21-9-6-10-22-44)55(35)39(34)52-42(50-37)49-31-11-15-32(16-12-31)62(45,58)59/h11-18,23-27H,5-10,19-22H2,1-4H3,(H2,45,58,59)(H,46,48,51)(H2,49,50,52,53). The molecule has 63 heavy (non-hydrogen) atoms. The molecule has 17 nitrogen and oxygen atoms in total. The molecule has 2 aromatic carbocycles. The van der Waals surface area contributed by atoms with Gasteiger partial charge < -0.3 is 24.7 Å². The average molecular weight is 891 g/mol. The Morgan fingerprint density at radius 3 is 2.00 bits per heavy atom. The maximum absolute atomic E-state index is 14.3. The lowest BCUT2D eigenvalue weighted by Crippen LogP contribution is -2.54. The molecule has 328 valence electrons. The Morgan fingerprint density at radius 2 is 1.35 bits per heavy atom. The number of anilines is 6. The van der Waals surface area contributed by atoms with Gasteiger partial charge in [-0.3, -0.25) is 14.5 Å². The first-order chi connectivity index (χ1) is 30.1. The van der Waals surface area contributed by atoms with Crippen LogP contribution in [0.4, 0.5) is 34.9 Å². The number of nitrogens with zero attached hydrogens (tertiary/aromatic N) is 8. The van der Waals surface area contributed by atoms with Crippen LogP contribution in [0.3, 0.4) is 0 Å². The Morgan fingerprint density at radius 1 is 0.746 bits per heavy atom. The van der Waals surface area contributed by atoms with Crippen LogP contribution in [0.2, 0.25) is 0 Å². The number of primary sulfonamides is 1. The van der Waals surface area contributed by atoms with Crippen molar-refractivity contribution in [3.8, 4) is 0 Å². The predicted molar refractivity (Wildman–Crippen MR) is 243 cm³/mol. The monoisotopic (exact) mass is 890 g/mol. The van der Waals surface area contributed by atoms with Crippen LogP contribution < -0.4 is 25.4 Å². The number of aromatic nitrogens is 6. The van der Waals surface area contributed by atoms with Crippen LogP contribution in [0.25, 0.3) is 22.1 Å². The lowest BCUT2D eigenvalue weighted by molar-refractivity contribution is -0.127. The number of fused-ring (bicyclic) bond motifs is 8. The van der Waals surface area contributed by atoms with Crippen molar-refractivity contribution >= 4 is 88.6 Å². The van der Waals surface area contributed by atoms with Crippen LogP contribution in [0, 0.1) is 5.92 Å². The summed E-state index contributed by atoms with van der Waals surface area (Å²) in [6.07, 6.45) is 11.7. The summed E-state index contributed by atoms with van der Waals surface area (Å²) < 4.78 is 59.7. The average Bonchev–Trinajstić information content (AvgIpc) is 3.86. The molecule has 2 aliphatic heterocycles. The van der Waals surface area contributed by atoms with Gasteiger partial charge in [0.15, 0.2) is 5.82 Å². The third-order valence-corrected chi connectivity index (χ3v) is 16.2. The zero-order valence-corrected chi connectivity index (χ0v) is 37.2. The fourth-order valence-corrected chi connectivity index (χ4v) is 12.1. The van der Waals surface area contributed by atoms with Crippen molar-refractivity contribution in [2.45, 2.75) is 112 Å². The molecule has 2 aliphatic carbocycles. The van der Waals surface area contributed by atoms with Crippen molar-refractivity contribution in [1.29, 1.82) is 0 Å². The third-order valence-electron chi connectivity index (χ3n) is 13.9. The molecule has 6 aromatic rings. The molecular weight excluding hydrogens is 841 g/mol. The largest absolute Gasteiger partial charge is 0.324 e. The number of nitrogens with two attached hydrogens (primary N) is 1. The van der Waals surface area contributed by atoms with E-state index >= 15 is 0 Å². The number of sulfonamides is 2. The molecular formula is C44H50N12O5S2. The Bertz CT molecular complexity index is 3080. The molecule has 4 aliphatic rings. The van der Waals surface area contributed by atoms with Crippen molar-refractivity contribution in [3.63, 3.8) is 0 Å². The van der Waals surface area contributed by atoms with Crippen LogP contribution in [0.1, 0.15) is 96.7 Å². The van der Waals surface area contributed by atoms with Gasteiger partial charge in [0.05, 0.1) is 38.2 Å². The number of rotatable bonds is 8. The highest BCUT2D eigenvalue weighted by molar-refractivity contribution is 7.92. The predicted octanol–water partition coefficient (Wildman–Crippen LogP) is 7.58. The van der Waals surface area contributed by atoms with Crippen LogP contribution in [0.5, 0.6) is 0 Å². The van der Waals surface area contributed by atoms with Gasteiger partial charge in [-0.1, -0.05) is 45.4 Å². The van der Waals surface area contributed by atoms with Crippen molar-refractivity contribution < 1.29 is 21.6 Å². The Balaban J connectivity index is 0.980. The lowest BCUT2D eigenvalue weighted by atomic mass is 9.71. The molecule has 1 amide bonds. The fraction of sp³-hybridized carbons (Fsp3) is 0.409. The van der Waals surface area contributed by atoms with Gasteiger partial charge in [-0.15, -0.1) is 0 Å². The van der Waals surface area contributed by atoms with Crippen molar-refractivity contribution in [3.05, 3.63) is 72.6 Å². The Kier molecular flexibility index (Phi) is 9.68. The van der Waals surface area contributed by atoms with Crippen LogP contribution in [0.15, 0.2) is 81.6 Å². The summed E-state index contributed by atoms with van der Waals surface area (Å²) in [6.45, 7) is 6.12. The minimum Gasteiger partial charge on any atom is -0.324 e. The number of nitrogens with one attached hydrogen (secondary N) is 3. The summed E-state index contributed by atoms with van der Waals surface area (Å²) in [5, 5.41) is 13.1. The third kappa shape index (κ3) is 6.73. The van der Waals surface area contributed by atoms with Gasteiger partial charge in [-0.05, 0) is 100 Å². The summed E-state index contributed by atoms with van der Waals surface area (Å²) in [5.74, 6) is 1.28. The number of hydrogen-bond acceptors (Lipinski definition) is 12. The number of amides is 1. The van der Waals surface area contributed by atoms with E-state index in [4.69, 9.17) is 25.1 Å². The summed E-state index contributed by atoms with van der Waals surface area (Å²) >= 11 is 0. The molecule has 4 aromatic heterocycles. The van der Waals surface area contributed by atoms with Gasteiger partial charge >= 0.3 is 0 Å². The molecule has 19 heteroatoms. The second kappa shape index (κ2) is 14.8. The number of benzene rings is 2. The lowest BCUT2D eigenvalue weighted by Gasteiger charge is -2.49. The summed E-state index contributed by atoms with van der Waals surface area (Å²) in [6, 6.07) is 15.9. The van der Waals surface area contributed by atoms with Crippen LogP contribution in [-0.2, 0) is 35.9 Å². The molecule has 2 fully saturated rings. The highest BCUT2D eigenvalue weighted by atomic mass is 32.2. The number of aliphatic imine (C=N–C) groups is 1. The van der Waals surface area contributed by atoms with Gasteiger partial charge in [0.2, 0.25) is 27.8 Å². The van der Waals surface area contributed by atoms with E-state index in [1.165, 1.54) is 24.3 Å².